The van der Waals surface area contributed by atoms with Crippen molar-refractivity contribution in [3.05, 3.63) is 95.3 Å². The summed E-state index contributed by atoms with van der Waals surface area (Å²) in [4.78, 5) is 18.3. The van der Waals surface area contributed by atoms with Gasteiger partial charge in [-0.15, -0.1) is 10.2 Å². The van der Waals surface area contributed by atoms with Gasteiger partial charge in [-0.2, -0.15) is 5.10 Å². The van der Waals surface area contributed by atoms with Gasteiger partial charge in [-0.05, 0) is 100.0 Å². The molecule has 11 heteroatoms. The van der Waals surface area contributed by atoms with Crippen molar-refractivity contribution in [2.75, 3.05) is 30.4 Å². The Labute approximate surface area is 312 Å². The Kier molecular flexibility index (Phi) is 9.17. The minimum atomic E-state index is -0.216. The maximum Gasteiger partial charge on any atom is 0.320 e. The lowest BCUT2D eigenvalue weighted by Crippen LogP contribution is -2.38. The first kappa shape index (κ1) is 35.1. The van der Waals surface area contributed by atoms with E-state index in [0.29, 0.717) is 11.9 Å². The normalized spacial score (nSPS) is 22.6. The van der Waals surface area contributed by atoms with E-state index in [1.165, 1.54) is 29.5 Å². The first-order valence-electron chi connectivity index (χ1n) is 19.4. The lowest BCUT2D eigenvalue weighted by Gasteiger charge is -2.34. The first-order valence-corrected chi connectivity index (χ1v) is 19.4. The van der Waals surface area contributed by atoms with Crippen molar-refractivity contribution in [1.82, 2.24) is 34.6 Å². The third kappa shape index (κ3) is 6.87. The molecule has 3 aliphatic rings. The van der Waals surface area contributed by atoms with Crippen LogP contribution in [0.2, 0.25) is 0 Å². The Morgan fingerprint density at radius 3 is 2.62 bits per heavy atom. The molecular formula is C42H53N9O2. The third-order valence-corrected chi connectivity index (χ3v) is 11.7. The van der Waals surface area contributed by atoms with Crippen LogP contribution in [-0.2, 0) is 17.4 Å². The van der Waals surface area contributed by atoms with Gasteiger partial charge in [-0.1, -0.05) is 64.1 Å². The fourth-order valence-corrected chi connectivity index (χ4v) is 8.30. The summed E-state index contributed by atoms with van der Waals surface area (Å²) in [6.07, 6.45) is 8.23. The highest BCUT2D eigenvalue weighted by Gasteiger charge is 2.59. The summed E-state index contributed by atoms with van der Waals surface area (Å²) in [7, 11) is 2.12. The third-order valence-electron chi connectivity index (χ3n) is 11.7. The Balaban J connectivity index is 0.974. The molecule has 4 atom stereocenters. The van der Waals surface area contributed by atoms with Crippen molar-refractivity contribution in [2.45, 2.75) is 109 Å². The molecule has 1 saturated heterocycles. The molecule has 1 aliphatic heterocycles. The molecule has 2 fully saturated rings. The molecule has 8 rings (SSSR count). The molecule has 278 valence electrons. The average Bonchev–Trinajstić information content (AvgIpc) is 3.42. The van der Waals surface area contributed by atoms with Crippen LogP contribution in [0.15, 0.2) is 72.9 Å². The number of benzene rings is 2. The van der Waals surface area contributed by atoms with Crippen LogP contribution in [-0.4, -0.2) is 67.5 Å². The molecule has 53 heavy (non-hydrogen) atoms. The fourth-order valence-electron chi connectivity index (χ4n) is 8.30. The van der Waals surface area contributed by atoms with Gasteiger partial charge in [0.05, 0.1) is 17.6 Å². The molecule has 0 bridgehead atoms. The number of hydrogen-bond donors (Lipinski definition) is 2. The van der Waals surface area contributed by atoms with E-state index in [0.717, 1.165) is 74.0 Å². The van der Waals surface area contributed by atoms with Crippen LogP contribution in [0.25, 0.3) is 11.3 Å². The Hall–Kier alpha value is -4.90. The number of hydrogen-bond acceptors (Lipinski definition) is 7. The number of amides is 2. The number of ether oxygens (including phenoxy) is 1. The van der Waals surface area contributed by atoms with Crippen LogP contribution in [0.5, 0.6) is 5.75 Å². The highest BCUT2D eigenvalue weighted by Crippen LogP contribution is 2.58. The lowest BCUT2D eigenvalue weighted by atomic mass is 9.78. The number of aromatic nitrogens is 5. The van der Waals surface area contributed by atoms with Gasteiger partial charge >= 0.3 is 6.03 Å². The van der Waals surface area contributed by atoms with Crippen molar-refractivity contribution in [2.24, 2.45) is 0 Å². The van der Waals surface area contributed by atoms with Gasteiger partial charge in [-0.25, -0.2) is 9.48 Å². The highest BCUT2D eigenvalue weighted by molar-refractivity contribution is 5.89. The zero-order valence-corrected chi connectivity index (χ0v) is 32.0. The van der Waals surface area contributed by atoms with Crippen molar-refractivity contribution in [3.63, 3.8) is 0 Å². The molecule has 2 aliphatic carbocycles. The minimum absolute atomic E-state index is 0.0281. The number of urea groups is 1. The number of nitrogens with zero attached hydrogens (tertiary/aromatic N) is 7. The van der Waals surface area contributed by atoms with Crippen LogP contribution in [0, 0.1) is 0 Å². The Bertz CT molecular complexity index is 2100. The Morgan fingerprint density at radius 2 is 1.85 bits per heavy atom. The quantitative estimate of drug-likeness (QED) is 0.161. The van der Waals surface area contributed by atoms with Crippen LogP contribution in [0.3, 0.4) is 0 Å². The molecular weight excluding hydrogens is 663 g/mol. The summed E-state index contributed by atoms with van der Waals surface area (Å²) in [5, 5.41) is 20.5. The van der Waals surface area contributed by atoms with Gasteiger partial charge in [0.25, 0.3) is 0 Å². The van der Waals surface area contributed by atoms with E-state index in [1.54, 1.807) is 0 Å². The number of rotatable bonds is 9. The molecule has 1 spiro atoms. The SMILES string of the molecule is CCN(C)Cc1ccc(-n2nc(C(C)(C)C)cc2NC(=O)N[C@H]2C[C@]23CC[C@@H](Oc2ccc4nnc(N5CCCC[C@@H]5C)n4c2)c2ccccc23)cc1. The molecule has 11 nitrogen and oxygen atoms in total. The van der Waals surface area contributed by atoms with Crippen LogP contribution in [0.1, 0.15) is 102 Å². The zero-order chi connectivity index (χ0) is 36.9. The van der Waals surface area contributed by atoms with Crippen molar-refractivity contribution < 1.29 is 9.53 Å². The smallest absolute Gasteiger partial charge is 0.320 e. The largest absolute Gasteiger partial charge is 0.484 e. The van der Waals surface area contributed by atoms with E-state index in [9.17, 15) is 4.79 Å². The number of anilines is 2. The number of fused-ring (bicyclic) bond motifs is 3. The molecule has 2 amide bonds. The predicted molar refractivity (Wildman–Crippen MR) is 209 cm³/mol. The fraction of sp³-hybridized carbons (Fsp3) is 0.476. The van der Waals surface area contributed by atoms with Crippen molar-refractivity contribution in [1.29, 1.82) is 0 Å². The zero-order valence-electron chi connectivity index (χ0n) is 32.0. The maximum absolute atomic E-state index is 13.7. The monoisotopic (exact) mass is 715 g/mol. The topological polar surface area (TPSA) is 105 Å². The van der Waals surface area contributed by atoms with Gasteiger partial charge in [0.15, 0.2) is 5.65 Å². The molecule has 2 N–H and O–H groups in total. The molecule has 0 unspecified atom stereocenters. The minimum Gasteiger partial charge on any atom is -0.484 e. The summed E-state index contributed by atoms with van der Waals surface area (Å²) in [6.45, 7) is 13.7. The number of carbonyl (C=O) groups excluding carboxylic acids is 1. The molecule has 4 heterocycles. The average molecular weight is 716 g/mol. The van der Waals surface area contributed by atoms with Gasteiger partial charge in [0, 0.05) is 42.1 Å². The van der Waals surface area contributed by atoms with Crippen LogP contribution >= 0.6 is 0 Å². The van der Waals surface area contributed by atoms with Gasteiger partial charge in [-0.3, -0.25) is 9.72 Å². The van der Waals surface area contributed by atoms with E-state index in [-0.39, 0.29) is 29.0 Å². The second-order valence-electron chi connectivity index (χ2n) is 16.4. The van der Waals surface area contributed by atoms with E-state index in [4.69, 9.17) is 9.84 Å². The molecule has 1 saturated carbocycles. The van der Waals surface area contributed by atoms with E-state index >= 15 is 0 Å². The number of pyridine rings is 1. The van der Waals surface area contributed by atoms with Gasteiger partial charge in [0.1, 0.15) is 17.7 Å². The second-order valence-corrected chi connectivity index (χ2v) is 16.4. The van der Waals surface area contributed by atoms with Gasteiger partial charge in [0.2, 0.25) is 5.95 Å². The molecule has 0 radical (unpaired) electrons. The van der Waals surface area contributed by atoms with Crippen LogP contribution in [0.4, 0.5) is 16.6 Å². The van der Waals surface area contributed by atoms with E-state index in [1.807, 2.05) is 29.1 Å². The standard InChI is InChI=1S/C42H53N9O2/c1-7-48(6)26-29-15-17-30(18-16-29)51-38(24-35(47-51)41(3,4)5)44-39(52)43-36-25-42(36)22-21-34(32-13-8-9-14-33(32)42)53-31-19-20-37-45-46-40(50(37)27-31)49-23-11-10-12-28(49)2/h8-9,13-20,24,27-28,34,36H,7,10-12,21-23,25-26H2,1-6H3,(H2,43,44,52)/t28-,34+,36-,42-/m0/s1. The summed E-state index contributed by atoms with van der Waals surface area (Å²) in [5.74, 6) is 2.34. The maximum atomic E-state index is 13.7. The molecule has 2 aromatic carbocycles. The molecule has 5 aromatic rings. The van der Waals surface area contributed by atoms with Gasteiger partial charge < -0.3 is 19.9 Å². The number of piperidine rings is 1. The van der Waals surface area contributed by atoms with E-state index < -0.39 is 0 Å². The second kappa shape index (κ2) is 13.8. The summed E-state index contributed by atoms with van der Waals surface area (Å²) < 4.78 is 10.7. The van der Waals surface area contributed by atoms with Crippen molar-refractivity contribution >= 4 is 23.4 Å². The lowest BCUT2D eigenvalue weighted by molar-refractivity contribution is 0.171. The number of carbonyl (C=O) groups is 1. The van der Waals surface area contributed by atoms with Crippen molar-refractivity contribution in [3.8, 4) is 11.4 Å². The summed E-state index contributed by atoms with van der Waals surface area (Å²) in [5.41, 5.74) is 6.06. The summed E-state index contributed by atoms with van der Waals surface area (Å²) >= 11 is 0. The highest BCUT2D eigenvalue weighted by atomic mass is 16.5. The first-order chi connectivity index (χ1) is 25.5. The summed E-state index contributed by atoms with van der Waals surface area (Å²) in [6, 6.07) is 23.3. The molecule has 3 aromatic heterocycles. The Morgan fingerprint density at radius 1 is 1.04 bits per heavy atom. The number of nitrogens with one attached hydrogen (secondary N) is 2. The van der Waals surface area contributed by atoms with Crippen LogP contribution < -0.4 is 20.3 Å². The predicted octanol–water partition coefficient (Wildman–Crippen LogP) is 7.79. The van der Waals surface area contributed by atoms with E-state index in [2.05, 4.69) is 125 Å².